The van der Waals surface area contributed by atoms with Crippen molar-refractivity contribution in [1.82, 2.24) is 10.6 Å². The summed E-state index contributed by atoms with van der Waals surface area (Å²) in [6.07, 6.45) is -1.62. The molecule has 5 nitrogen and oxygen atoms in total. The Morgan fingerprint density at radius 3 is 2.50 bits per heavy atom. The van der Waals surface area contributed by atoms with Crippen molar-refractivity contribution in [1.29, 1.82) is 0 Å². The van der Waals surface area contributed by atoms with Crippen molar-refractivity contribution in [3.63, 3.8) is 0 Å². The maximum absolute atomic E-state index is 9.98. The van der Waals surface area contributed by atoms with E-state index in [1.54, 1.807) is 0 Å². The van der Waals surface area contributed by atoms with E-state index in [9.17, 15) is 4.79 Å². The smallest absolute Gasteiger partial charge is 0.450 e. The number of carboxylic acid groups (broad SMARTS) is 1. The highest BCUT2D eigenvalue weighted by atomic mass is 35.5. The number of nitrogens with one attached hydrogen (secondary N) is 2. The number of halogens is 2. The molecule has 74 valence electrons. The predicted octanol–water partition coefficient (Wildman–Crippen LogP) is 0.0435. The third-order valence-electron chi connectivity index (χ3n) is 1.25. The van der Waals surface area contributed by atoms with Crippen LogP contribution in [-0.2, 0) is 4.74 Å². The third-order valence-corrected chi connectivity index (χ3v) is 1.25. The van der Waals surface area contributed by atoms with Gasteiger partial charge in [0.25, 0.3) is 0 Å². The molecule has 7 heteroatoms. The van der Waals surface area contributed by atoms with Crippen LogP contribution in [0.2, 0.25) is 0 Å². The van der Waals surface area contributed by atoms with Gasteiger partial charge in [-0.2, -0.15) is 0 Å². The van der Waals surface area contributed by atoms with Gasteiger partial charge >= 0.3 is 6.16 Å². The quantitative estimate of drug-likeness (QED) is 0.543. The van der Waals surface area contributed by atoms with Gasteiger partial charge < -0.3 is 15.2 Å². The van der Waals surface area contributed by atoms with Gasteiger partial charge in [0.15, 0.2) is 6.23 Å². The van der Waals surface area contributed by atoms with Gasteiger partial charge in [-0.05, 0) is 0 Å². The average molecular weight is 219 g/mol. The average Bonchev–Trinajstić information content (AvgIpc) is 1.88. The summed E-state index contributed by atoms with van der Waals surface area (Å²) >= 11 is 0. The zero-order valence-electron chi connectivity index (χ0n) is 6.28. The molecule has 1 aliphatic rings. The molecule has 1 aliphatic heterocycles. The van der Waals surface area contributed by atoms with Crippen LogP contribution in [-0.4, -0.2) is 37.1 Å². The largest absolute Gasteiger partial charge is 0.507 e. The minimum Gasteiger partial charge on any atom is -0.450 e. The Kier molecular flexibility index (Phi) is 8.84. The lowest BCUT2D eigenvalue weighted by Crippen LogP contribution is -2.50. The van der Waals surface area contributed by atoms with E-state index in [1.165, 1.54) is 0 Å². The Hall–Kier alpha value is -0.230. The lowest BCUT2D eigenvalue weighted by molar-refractivity contribution is 0.0309. The highest BCUT2D eigenvalue weighted by Gasteiger charge is 2.14. The molecule has 0 unspecified atom stereocenters. The van der Waals surface area contributed by atoms with Gasteiger partial charge in [0.05, 0.1) is 0 Å². The molecule has 0 aliphatic carbocycles. The summed E-state index contributed by atoms with van der Waals surface area (Å²) < 4.78 is 4.43. The second-order valence-electron chi connectivity index (χ2n) is 2.03. The van der Waals surface area contributed by atoms with E-state index in [0.29, 0.717) is 6.54 Å². The number of carbonyl (C=O) groups is 1. The Balaban J connectivity index is 0. The van der Waals surface area contributed by atoms with E-state index in [-0.39, 0.29) is 31.0 Å². The van der Waals surface area contributed by atoms with Crippen LogP contribution in [0.15, 0.2) is 0 Å². The first-order valence-corrected chi connectivity index (χ1v) is 3.13. The number of hydrogen-bond donors (Lipinski definition) is 3. The Bertz CT molecular complexity index is 130. The van der Waals surface area contributed by atoms with E-state index in [0.717, 1.165) is 13.1 Å². The molecule has 12 heavy (non-hydrogen) atoms. The van der Waals surface area contributed by atoms with Crippen LogP contribution in [0.25, 0.3) is 0 Å². The van der Waals surface area contributed by atoms with Crippen molar-refractivity contribution in [2.75, 3.05) is 19.6 Å². The fourth-order valence-electron chi connectivity index (χ4n) is 0.832. The van der Waals surface area contributed by atoms with E-state index >= 15 is 0 Å². The van der Waals surface area contributed by atoms with Crippen LogP contribution < -0.4 is 10.6 Å². The van der Waals surface area contributed by atoms with Gasteiger partial charge in [0, 0.05) is 19.6 Å². The molecule has 0 spiro atoms. The first kappa shape index (κ1) is 14.3. The van der Waals surface area contributed by atoms with Crippen LogP contribution in [0, 0.1) is 0 Å². The number of ether oxygens (including phenoxy) is 1. The second kappa shape index (κ2) is 7.42. The van der Waals surface area contributed by atoms with Crippen LogP contribution in [0.3, 0.4) is 0 Å². The molecule has 1 atom stereocenters. The van der Waals surface area contributed by atoms with Gasteiger partial charge in [0.2, 0.25) is 0 Å². The highest BCUT2D eigenvalue weighted by Crippen LogP contribution is 1.89. The summed E-state index contributed by atoms with van der Waals surface area (Å²) in [6.45, 7) is 2.16. The van der Waals surface area contributed by atoms with Crippen molar-refractivity contribution in [3.05, 3.63) is 0 Å². The monoisotopic (exact) mass is 218 g/mol. The molecule has 3 N–H and O–H groups in total. The molecule has 0 aromatic heterocycles. The summed E-state index contributed by atoms with van der Waals surface area (Å²) in [5, 5.41) is 14.0. The Labute approximate surface area is 82.7 Å². The van der Waals surface area contributed by atoms with E-state index in [2.05, 4.69) is 15.4 Å². The number of piperazine rings is 1. The van der Waals surface area contributed by atoms with Crippen molar-refractivity contribution >= 4 is 31.0 Å². The molecule has 1 fully saturated rings. The van der Waals surface area contributed by atoms with E-state index in [1.807, 2.05) is 0 Å². The molecule has 0 amide bonds. The van der Waals surface area contributed by atoms with Crippen molar-refractivity contribution < 1.29 is 14.6 Å². The highest BCUT2D eigenvalue weighted by molar-refractivity contribution is 5.85. The molecule has 1 rings (SSSR count). The van der Waals surface area contributed by atoms with Crippen LogP contribution in [0.4, 0.5) is 4.79 Å². The fraction of sp³-hybridized carbons (Fsp3) is 0.800. The molecule has 0 radical (unpaired) electrons. The molecular weight excluding hydrogens is 207 g/mol. The standard InChI is InChI=1S/C5H10N2O3.2ClH/c8-5(9)10-4-3-6-1-2-7-4;;/h4,6-7H,1-3H2,(H,8,9);2*1H/t4-;;/m0../s1. The summed E-state index contributed by atoms with van der Waals surface area (Å²) in [7, 11) is 0. The Morgan fingerprint density at radius 2 is 2.08 bits per heavy atom. The van der Waals surface area contributed by atoms with Crippen molar-refractivity contribution in [3.8, 4) is 0 Å². The molecule has 0 aromatic carbocycles. The van der Waals surface area contributed by atoms with E-state index in [4.69, 9.17) is 5.11 Å². The molecule has 0 bridgehead atoms. The minimum atomic E-state index is -1.23. The molecule has 0 saturated carbocycles. The van der Waals surface area contributed by atoms with Crippen LogP contribution in [0.5, 0.6) is 0 Å². The molecular formula is C5H12Cl2N2O3. The lowest BCUT2D eigenvalue weighted by Gasteiger charge is -2.22. The molecule has 1 saturated heterocycles. The first-order chi connectivity index (χ1) is 4.79. The summed E-state index contributed by atoms with van der Waals surface area (Å²) in [4.78, 5) is 9.98. The fourth-order valence-corrected chi connectivity index (χ4v) is 0.832. The minimum absolute atomic E-state index is 0. The maximum atomic E-state index is 9.98. The van der Waals surface area contributed by atoms with E-state index < -0.39 is 6.16 Å². The van der Waals surface area contributed by atoms with Gasteiger partial charge in [0.1, 0.15) is 0 Å². The van der Waals surface area contributed by atoms with Gasteiger partial charge in [-0.15, -0.1) is 24.8 Å². The first-order valence-electron chi connectivity index (χ1n) is 3.13. The Morgan fingerprint density at radius 1 is 1.42 bits per heavy atom. The SMILES string of the molecule is Cl.Cl.O=C(O)O[C@H]1CNCCN1. The second-order valence-corrected chi connectivity index (χ2v) is 2.03. The van der Waals surface area contributed by atoms with Gasteiger partial charge in [-0.25, -0.2) is 4.79 Å². The topological polar surface area (TPSA) is 70.6 Å². The number of hydrogen-bond acceptors (Lipinski definition) is 4. The van der Waals surface area contributed by atoms with Crippen LogP contribution in [0.1, 0.15) is 0 Å². The summed E-state index contributed by atoms with van der Waals surface area (Å²) in [5.74, 6) is 0. The molecule has 0 aromatic rings. The summed E-state index contributed by atoms with van der Waals surface area (Å²) in [6, 6.07) is 0. The zero-order chi connectivity index (χ0) is 7.40. The third kappa shape index (κ3) is 5.42. The van der Waals surface area contributed by atoms with Crippen LogP contribution >= 0.6 is 24.8 Å². The van der Waals surface area contributed by atoms with Crippen molar-refractivity contribution in [2.45, 2.75) is 6.23 Å². The number of rotatable bonds is 1. The van der Waals surface area contributed by atoms with Crippen molar-refractivity contribution in [2.24, 2.45) is 0 Å². The van der Waals surface area contributed by atoms with Gasteiger partial charge in [-0.1, -0.05) is 0 Å². The predicted molar refractivity (Wildman–Crippen MR) is 48.3 cm³/mol. The normalized spacial score (nSPS) is 21.5. The van der Waals surface area contributed by atoms with Gasteiger partial charge in [-0.3, -0.25) is 5.32 Å². The molecule has 1 heterocycles. The zero-order valence-corrected chi connectivity index (χ0v) is 7.91. The summed E-state index contributed by atoms with van der Waals surface area (Å²) in [5.41, 5.74) is 0. The maximum Gasteiger partial charge on any atom is 0.507 e. The lowest BCUT2D eigenvalue weighted by atomic mass is 10.4.